The topological polar surface area (TPSA) is 24.9 Å². The Kier molecular flexibility index (Phi) is 6.21. The minimum atomic E-state index is -0.186. The van der Waals surface area contributed by atoms with Gasteiger partial charge in [-0.25, -0.2) is 9.37 Å². The van der Waals surface area contributed by atoms with Crippen LogP contribution < -0.4 is 5.32 Å². The van der Waals surface area contributed by atoms with Gasteiger partial charge in [-0.1, -0.05) is 19.9 Å². The number of thiazole rings is 1. The molecule has 21 heavy (non-hydrogen) atoms. The second kappa shape index (κ2) is 7.92. The van der Waals surface area contributed by atoms with Gasteiger partial charge < -0.3 is 5.32 Å². The molecule has 2 nitrogen and oxygen atoms in total. The summed E-state index contributed by atoms with van der Waals surface area (Å²) in [5.41, 5.74) is 1.10. The van der Waals surface area contributed by atoms with Crippen LogP contribution in [-0.2, 0) is 12.3 Å². The zero-order valence-corrected chi connectivity index (χ0v) is 14.3. The Morgan fingerprint density at radius 2 is 2.19 bits per heavy atom. The van der Waals surface area contributed by atoms with Crippen LogP contribution in [0.1, 0.15) is 29.4 Å². The number of nitrogens with one attached hydrogen (secondary N) is 1. The first-order valence-corrected chi connectivity index (χ1v) is 8.89. The predicted molar refractivity (Wildman–Crippen MR) is 89.4 cm³/mol. The number of halogens is 1. The van der Waals surface area contributed by atoms with E-state index in [-0.39, 0.29) is 5.82 Å². The first-order chi connectivity index (χ1) is 10.0. The molecule has 5 heteroatoms. The number of hydrogen-bond donors (Lipinski definition) is 1. The Morgan fingerprint density at radius 3 is 2.90 bits per heavy atom. The largest absolute Gasteiger partial charge is 0.312 e. The molecule has 0 radical (unpaired) electrons. The summed E-state index contributed by atoms with van der Waals surface area (Å²) >= 11 is 3.37. The molecule has 0 unspecified atom stereocenters. The quantitative estimate of drug-likeness (QED) is 0.752. The number of hydrogen-bond acceptors (Lipinski definition) is 4. The molecule has 0 aliphatic rings. The van der Waals surface area contributed by atoms with Crippen molar-refractivity contribution in [3.05, 3.63) is 45.7 Å². The lowest BCUT2D eigenvalue weighted by Crippen LogP contribution is -2.18. The molecule has 0 saturated heterocycles. The third kappa shape index (κ3) is 5.41. The molecule has 0 atom stereocenters. The van der Waals surface area contributed by atoms with Crippen molar-refractivity contribution in [2.24, 2.45) is 5.92 Å². The van der Waals surface area contributed by atoms with Crippen LogP contribution in [0, 0.1) is 18.7 Å². The lowest BCUT2D eigenvalue weighted by Gasteiger charge is -2.05. The fourth-order valence-corrected chi connectivity index (χ4v) is 3.86. The van der Waals surface area contributed by atoms with Gasteiger partial charge in [-0.2, -0.15) is 0 Å². The lowest BCUT2D eigenvalue weighted by molar-refractivity contribution is 0.554. The first kappa shape index (κ1) is 16.5. The average molecular weight is 324 g/mol. The second-order valence-electron chi connectivity index (χ2n) is 5.39. The maximum absolute atomic E-state index is 13.1. The molecule has 0 spiro atoms. The highest BCUT2D eigenvalue weighted by molar-refractivity contribution is 7.98. The van der Waals surface area contributed by atoms with E-state index in [2.05, 4.69) is 31.1 Å². The SMILES string of the molecule is Cc1nc(CSc2cccc(F)c2)sc1CNCC(C)C. The number of rotatable bonds is 7. The summed E-state index contributed by atoms with van der Waals surface area (Å²) in [4.78, 5) is 6.85. The minimum absolute atomic E-state index is 0.186. The van der Waals surface area contributed by atoms with Crippen molar-refractivity contribution >= 4 is 23.1 Å². The summed E-state index contributed by atoms with van der Waals surface area (Å²) in [7, 11) is 0. The van der Waals surface area contributed by atoms with Gasteiger partial charge in [-0.3, -0.25) is 0 Å². The van der Waals surface area contributed by atoms with Crippen molar-refractivity contribution < 1.29 is 4.39 Å². The standard InChI is InChI=1S/C16H21FN2S2/c1-11(2)8-18-9-15-12(3)19-16(21-15)10-20-14-6-4-5-13(17)7-14/h4-7,11,18H,8-10H2,1-3H3. The average Bonchev–Trinajstić information content (AvgIpc) is 2.77. The molecule has 0 fully saturated rings. The summed E-state index contributed by atoms with van der Waals surface area (Å²) in [6.45, 7) is 8.36. The minimum Gasteiger partial charge on any atom is -0.312 e. The van der Waals surface area contributed by atoms with Gasteiger partial charge in [0.1, 0.15) is 10.8 Å². The number of aryl methyl sites for hydroxylation is 1. The van der Waals surface area contributed by atoms with E-state index in [4.69, 9.17) is 0 Å². The Balaban J connectivity index is 1.89. The molecule has 1 heterocycles. The van der Waals surface area contributed by atoms with Crippen molar-refractivity contribution in [1.82, 2.24) is 10.3 Å². The van der Waals surface area contributed by atoms with Crippen LogP contribution in [0.2, 0.25) is 0 Å². The highest BCUT2D eigenvalue weighted by atomic mass is 32.2. The van der Waals surface area contributed by atoms with Crippen molar-refractivity contribution in [2.45, 2.75) is 38.0 Å². The Bertz CT molecular complexity index is 581. The molecule has 2 aromatic rings. The Morgan fingerprint density at radius 1 is 1.38 bits per heavy atom. The van der Waals surface area contributed by atoms with Crippen LogP contribution in [0.15, 0.2) is 29.2 Å². The van der Waals surface area contributed by atoms with Crippen LogP contribution in [0.5, 0.6) is 0 Å². The Labute approximate surface area is 134 Å². The molecule has 0 aliphatic carbocycles. The summed E-state index contributed by atoms with van der Waals surface area (Å²) < 4.78 is 13.1. The van der Waals surface area contributed by atoms with Crippen LogP contribution >= 0.6 is 23.1 Å². The zero-order valence-electron chi connectivity index (χ0n) is 12.6. The van der Waals surface area contributed by atoms with E-state index in [1.54, 1.807) is 35.2 Å². The van der Waals surface area contributed by atoms with Crippen LogP contribution in [-0.4, -0.2) is 11.5 Å². The molecule has 2 rings (SSSR count). The fourth-order valence-electron chi connectivity index (χ4n) is 1.89. The third-order valence-electron chi connectivity index (χ3n) is 2.93. The maximum Gasteiger partial charge on any atom is 0.124 e. The molecule has 0 saturated carbocycles. The second-order valence-corrected chi connectivity index (χ2v) is 7.60. The number of benzene rings is 1. The van der Waals surface area contributed by atoms with E-state index in [0.29, 0.717) is 5.92 Å². The van der Waals surface area contributed by atoms with E-state index in [1.807, 2.05) is 6.07 Å². The van der Waals surface area contributed by atoms with E-state index >= 15 is 0 Å². The molecule has 1 aromatic heterocycles. The molecular weight excluding hydrogens is 303 g/mol. The first-order valence-electron chi connectivity index (χ1n) is 7.09. The van der Waals surface area contributed by atoms with E-state index < -0.39 is 0 Å². The highest BCUT2D eigenvalue weighted by Crippen LogP contribution is 2.27. The van der Waals surface area contributed by atoms with Crippen molar-refractivity contribution in [1.29, 1.82) is 0 Å². The van der Waals surface area contributed by atoms with Gasteiger partial charge in [0.2, 0.25) is 0 Å². The van der Waals surface area contributed by atoms with Gasteiger partial charge in [0.05, 0.1) is 11.4 Å². The van der Waals surface area contributed by atoms with Gasteiger partial charge in [-0.05, 0) is 37.6 Å². The van der Waals surface area contributed by atoms with Gasteiger partial charge in [0, 0.05) is 16.3 Å². The predicted octanol–water partition coefficient (Wildman–Crippen LogP) is 4.63. The van der Waals surface area contributed by atoms with Gasteiger partial charge in [-0.15, -0.1) is 23.1 Å². The molecule has 0 aliphatic heterocycles. The van der Waals surface area contributed by atoms with Crippen LogP contribution in [0.4, 0.5) is 4.39 Å². The zero-order chi connectivity index (χ0) is 15.2. The van der Waals surface area contributed by atoms with E-state index in [1.165, 1.54) is 10.9 Å². The molecule has 0 amide bonds. The molecular formula is C16H21FN2S2. The van der Waals surface area contributed by atoms with Crippen molar-refractivity contribution in [2.75, 3.05) is 6.54 Å². The van der Waals surface area contributed by atoms with Crippen LogP contribution in [0.25, 0.3) is 0 Å². The summed E-state index contributed by atoms with van der Waals surface area (Å²) in [5.74, 6) is 1.26. The fraction of sp³-hybridized carbons (Fsp3) is 0.438. The molecule has 1 aromatic carbocycles. The Hall–Kier alpha value is -0.910. The number of aromatic nitrogens is 1. The van der Waals surface area contributed by atoms with Crippen molar-refractivity contribution in [3.8, 4) is 0 Å². The number of nitrogens with zero attached hydrogens (tertiary/aromatic N) is 1. The number of thioether (sulfide) groups is 1. The maximum atomic E-state index is 13.1. The van der Waals surface area contributed by atoms with Gasteiger partial charge in [0.25, 0.3) is 0 Å². The summed E-state index contributed by atoms with van der Waals surface area (Å²) in [6.07, 6.45) is 0. The lowest BCUT2D eigenvalue weighted by atomic mass is 10.2. The molecule has 0 bridgehead atoms. The summed E-state index contributed by atoms with van der Waals surface area (Å²) in [5, 5.41) is 4.55. The van der Waals surface area contributed by atoms with E-state index in [9.17, 15) is 4.39 Å². The van der Waals surface area contributed by atoms with Crippen LogP contribution in [0.3, 0.4) is 0 Å². The van der Waals surface area contributed by atoms with Gasteiger partial charge in [0.15, 0.2) is 0 Å². The highest BCUT2D eigenvalue weighted by Gasteiger charge is 2.08. The van der Waals surface area contributed by atoms with E-state index in [0.717, 1.165) is 34.4 Å². The summed E-state index contributed by atoms with van der Waals surface area (Å²) in [6, 6.07) is 6.71. The third-order valence-corrected chi connectivity index (χ3v) is 5.28. The monoisotopic (exact) mass is 324 g/mol. The normalized spacial score (nSPS) is 11.3. The van der Waals surface area contributed by atoms with Crippen molar-refractivity contribution in [3.63, 3.8) is 0 Å². The molecule has 114 valence electrons. The smallest absolute Gasteiger partial charge is 0.124 e. The molecule has 1 N–H and O–H groups in total. The van der Waals surface area contributed by atoms with Gasteiger partial charge >= 0.3 is 0 Å².